The van der Waals surface area contributed by atoms with Crippen LogP contribution in [-0.4, -0.2) is 60.1 Å². The zero-order valence-corrected chi connectivity index (χ0v) is 12.7. The Morgan fingerprint density at radius 3 is 2.68 bits per heavy atom. The van der Waals surface area contributed by atoms with Crippen LogP contribution >= 0.6 is 11.8 Å². The van der Waals surface area contributed by atoms with Crippen LogP contribution in [0.1, 0.15) is 20.8 Å². The molecule has 5 nitrogen and oxygen atoms in total. The second-order valence-electron chi connectivity index (χ2n) is 5.36. The minimum atomic E-state index is -0.213. The van der Waals surface area contributed by atoms with Gasteiger partial charge in [-0.25, -0.2) is 0 Å². The van der Waals surface area contributed by atoms with Crippen LogP contribution in [0.5, 0.6) is 0 Å². The van der Waals surface area contributed by atoms with Gasteiger partial charge in [-0.05, 0) is 12.8 Å². The lowest BCUT2D eigenvalue weighted by Gasteiger charge is -2.29. The highest BCUT2D eigenvalue weighted by molar-refractivity contribution is 8.14. The number of nitrogens with zero attached hydrogens (tertiary/aromatic N) is 2. The lowest BCUT2D eigenvalue weighted by atomic mass is 10.1. The molecule has 0 aliphatic carbocycles. The van der Waals surface area contributed by atoms with Gasteiger partial charge in [0.1, 0.15) is 6.04 Å². The van der Waals surface area contributed by atoms with Gasteiger partial charge in [0.25, 0.3) is 0 Å². The van der Waals surface area contributed by atoms with E-state index in [1.165, 1.54) is 0 Å². The Morgan fingerprint density at radius 1 is 1.42 bits per heavy atom. The smallest absolute Gasteiger partial charge is 0.244 e. The highest BCUT2D eigenvalue weighted by Gasteiger charge is 2.26. The van der Waals surface area contributed by atoms with Gasteiger partial charge in [0.05, 0.1) is 19.3 Å². The zero-order valence-electron chi connectivity index (χ0n) is 11.9. The van der Waals surface area contributed by atoms with Crippen LogP contribution in [-0.2, 0) is 9.53 Å². The molecule has 1 fully saturated rings. The van der Waals surface area contributed by atoms with Crippen molar-refractivity contribution in [2.75, 3.05) is 32.1 Å². The molecular weight excluding hydrogens is 262 g/mol. The summed E-state index contributed by atoms with van der Waals surface area (Å²) in [7, 11) is 0. The van der Waals surface area contributed by atoms with Crippen molar-refractivity contribution in [1.82, 2.24) is 10.2 Å². The summed E-state index contributed by atoms with van der Waals surface area (Å²) < 4.78 is 5.26. The largest absolute Gasteiger partial charge is 0.378 e. The maximum Gasteiger partial charge on any atom is 0.244 e. The van der Waals surface area contributed by atoms with E-state index < -0.39 is 0 Å². The molecule has 108 valence electrons. The minimum absolute atomic E-state index is 0.139. The molecule has 2 aliphatic rings. The third-order valence-electron chi connectivity index (χ3n) is 3.48. The Hall–Kier alpha value is -0.750. The van der Waals surface area contributed by atoms with E-state index >= 15 is 0 Å². The summed E-state index contributed by atoms with van der Waals surface area (Å²) in [4.78, 5) is 18.7. The van der Waals surface area contributed by atoms with Gasteiger partial charge in [0.15, 0.2) is 5.17 Å². The van der Waals surface area contributed by atoms with Gasteiger partial charge in [-0.2, -0.15) is 0 Å². The van der Waals surface area contributed by atoms with Gasteiger partial charge in [0.2, 0.25) is 5.91 Å². The fourth-order valence-electron chi connectivity index (χ4n) is 2.11. The van der Waals surface area contributed by atoms with Crippen LogP contribution in [0.4, 0.5) is 0 Å². The molecule has 2 heterocycles. The summed E-state index contributed by atoms with van der Waals surface area (Å²) in [5.41, 5.74) is 0. The van der Waals surface area contributed by atoms with E-state index in [-0.39, 0.29) is 11.9 Å². The molecule has 2 aliphatic heterocycles. The Labute approximate surface area is 119 Å². The lowest BCUT2D eigenvalue weighted by molar-refractivity contribution is -0.136. The number of ether oxygens (including phenoxy) is 1. The number of hydrogen-bond acceptors (Lipinski definition) is 5. The quantitative estimate of drug-likeness (QED) is 0.839. The van der Waals surface area contributed by atoms with Gasteiger partial charge in [-0.15, -0.1) is 0 Å². The molecule has 2 atom stereocenters. The Kier molecular flexibility index (Phi) is 5.10. The molecular formula is C13H23N3O2S. The maximum atomic E-state index is 12.2. The van der Waals surface area contributed by atoms with Crippen molar-refractivity contribution < 1.29 is 9.53 Å². The van der Waals surface area contributed by atoms with Crippen molar-refractivity contribution in [2.24, 2.45) is 10.9 Å². The van der Waals surface area contributed by atoms with E-state index in [2.05, 4.69) is 24.2 Å². The number of amidine groups is 1. The molecule has 0 aromatic carbocycles. The van der Waals surface area contributed by atoms with Crippen LogP contribution in [0.15, 0.2) is 4.99 Å². The van der Waals surface area contributed by atoms with Crippen LogP contribution in [0, 0.1) is 5.92 Å². The van der Waals surface area contributed by atoms with Crippen molar-refractivity contribution in [3.8, 4) is 0 Å². The van der Waals surface area contributed by atoms with Gasteiger partial charge in [0, 0.05) is 18.8 Å². The highest BCUT2D eigenvalue weighted by atomic mass is 32.2. The van der Waals surface area contributed by atoms with E-state index in [1.807, 2.05) is 11.8 Å². The van der Waals surface area contributed by atoms with E-state index in [0.717, 1.165) is 10.9 Å². The molecule has 1 saturated heterocycles. The predicted octanol–water partition coefficient (Wildman–Crippen LogP) is 0.951. The molecule has 2 rings (SSSR count). The minimum Gasteiger partial charge on any atom is -0.378 e. The summed E-state index contributed by atoms with van der Waals surface area (Å²) in [5, 5.41) is 4.15. The monoisotopic (exact) mass is 285 g/mol. The molecule has 0 spiro atoms. The van der Waals surface area contributed by atoms with E-state index in [4.69, 9.17) is 4.74 Å². The number of aliphatic imine (C=N–C) groups is 1. The molecule has 19 heavy (non-hydrogen) atoms. The number of nitrogens with one attached hydrogen (secondary N) is 1. The molecule has 6 heteroatoms. The fraction of sp³-hybridized carbons (Fsp3) is 0.846. The van der Waals surface area contributed by atoms with Crippen LogP contribution in [0.3, 0.4) is 0 Å². The van der Waals surface area contributed by atoms with Crippen molar-refractivity contribution in [3.05, 3.63) is 0 Å². The first-order chi connectivity index (χ1) is 9.08. The van der Waals surface area contributed by atoms with Gasteiger partial charge in [-0.1, -0.05) is 25.6 Å². The van der Waals surface area contributed by atoms with Crippen LogP contribution in [0.2, 0.25) is 0 Å². The van der Waals surface area contributed by atoms with Crippen molar-refractivity contribution >= 4 is 22.8 Å². The number of carbonyl (C=O) groups excluding carboxylic acids is 1. The van der Waals surface area contributed by atoms with E-state index in [9.17, 15) is 4.79 Å². The van der Waals surface area contributed by atoms with Gasteiger partial charge >= 0.3 is 0 Å². The van der Waals surface area contributed by atoms with Crippen LogP contribution < -0.4 is 5.32 Å². The molecule has 0 bridgehead atoms. The van der Waals surface area contributed by atoms with E-state index in [1.54, 1.807) is 11.8 Å². The number of amides is 1. The average molecular weight is 285 g/mol. The van der Waals surface area contributed by atoms with Gasteiger partial charge < -0.3 is 15.0 Å². The average Bonchev–Trinajstić information content (AvgIpc) is 2.87. The third kappa shape index (κ3) is 3.86. The first-order valence-corrected chi connectivity index (χ1v) is 7.90. The Bertz CT molecular complexity index is 354. The highest BCUT2D eigenvalue weighted by Crippen LogP contribution is 2.22. The summed E-state index contributed by atoms with van der Waals surface area (Å²) in [5.74, 6) is 1.70. The first kappa shape index (κ1) is 14.7. The molecule has 0 radical (unpaired) electrons. The van der Waals surface area contributed by atoms with Crippen LogP contribution in [0.25, 0.3) is 0 Å². The molecule has 1 amide bonds. The maximum absolute atomic E-state index is 12.2. The number of thioether (sulfide) groups is 1. The first-order valence-electron chi connectivity index (χ1n) is 6.91. The van der Waals surface area contributed by atoms with Crippen molar-refractivity contribution in [3.63, 3.8) is 0 Å². The summed E-state index contributed by atoms with van der Waals surface area (Å²) >= 11 is 1.71. The van der Waals surface area contributed by atoms with E-state index in [0.29, 0.717) is 38.3 Å². The topological polar surface area (TPSA) is 53.9 Å². The lowest BCUT2D eigenvalue weighted by Crippen LogP contribution is -2.50. The molecule has 0 aromatic rings. The SMILES string of the molecule is CC(NC1=NC(C(C)C)CS1)C(=O)N1CCOCC1. The van der Waals surface area contributed by atoms with Crippen molar-refractivity contribution in [2.45, 2.75) is 32.9 Å². The Morgan fingerprint density at radius 2 is 2.11 bits per heavy atom. The second kappa shape index (κ2) is 6.61. The Balaban J connectivity index is 1.85. The fourth-order valence-corrected chi connectivity index (χ4v) is 3.37. The van der Waals surface area contributed by atoms with Crippen molar-refractivity contribution in [1.29, 1.82) is 0 Å². The summed E-state index contributed by atoms with van der Waals surface area (Å²) in [6.07, 6.45) is 0. The molecule has 0 saturated carbocycles. The molecule has 2 unspecified atom stereocenters. The molecule has 0 aromatic heterocycles. The second-order valence-corrected chi connectivity index (χ2v) is 6.37. The predicted molar refractivity (Wildman–Crippen MR) is 78.5 cm³/mol. The third-order valence-corrected chi connectivity index (χ3v) is 4.48. The molecule has 1 N–H and O–H groups in total. The summed E-state index contributed by atoms with van der Waals surface area (Å²) in [6, 6.07) is 0.161. The zero-order chi connectivity index (χ0) is 13.8. The number of carbonyl (C=O) groups is 1. The summed E-state index contributed by atoms with van der Waals surface area (Å²) in [6.45, 7) is 8.94. The normalized spacial score (nSPS) is 25.4. The van der Waals surface area contributed by atoms with Gasteiger partial charge in [-0.3, -0.25) is 9.79 Å². The number of rotatable bonds is 3. The number of hydrogen-bond donors (Lipinski definition) is 1. The number of morpholine rings is 1. The standard InChI is InChI=1S/C13H23N3O2S/c1-9(2)11-8-19-13(15-11)14-10(3)12(17)16-4-6-18-7-5-16/h9-11H,4-8H2,1-3H3,(H,14,15).